The van der Waals surface area contributed by atoms with Crippen molar-refractivity contribution in [3.05, 3.63) is 55.5 Å². The number of thiazole rings is 1. The molecule has 6 heteroatoms. The lowest BCUT2D eigenvalue weighted by atomic mass is 9.87. The summed E-state index contributed by atoms with van der Waals surface area (Å²) in [7, 11) is 0. The Balaban J connectivity index is 1.49. The molecule has 0 spiro atoms. The van der Waals surface area contributed by atoms with E-state index >= 15 is 0 Å². The van der Waals surface area contributed by atoms with Gasteiger partial charge in [0.15, 0.2) is 0 Å². The fourth-order valence-electron chi connectivity index (χ4n) is 3.30. The fraction of sp³-hybridized carbons (Fsp3) is 0.471. The number of fused-ring (bicyclic) bond motifs is 1. The van der Waals surface area contributed by atoms with Gasteiger partial charge in [0.25, 0.3) is 5.69 Å². The van der Waals surface area contributed by atoms with Gasteiger partial charge in [-0.05, 0) is 43.2 Å². The van der Waals surface area contributed by atoms with Crippen LogP contribution >= 0.6 is 11.3 Å². The molecule has 120 valence electrons. The molecule has 23 heavy (non-hydrogen) atoms. The Morgan fingerprint density at radius 3 is 3.00 bits per heavy atom. The molecule has 1 saturated carbocycles. The molecule has 2 aliphatic carbocycles. The number of hydrogen-bond acceptors (Lipinski definition) is 5. The lowest BCUT2D eigenvalue weighted by Gasteiger charge is -2.26. The highest BCUT2D eigenvalue weighted by atomic mass is 32.1. The molecule has 1 heterocycles. The van der Waals surface area contributed by atoms with Crippen molar-refractivity contribution in [2.75, 3.05) is 0 Å². The SMILES string of the molecule is O=[N+]([O-])c1ccc2c(c1)[C@H](NCc1nc(C3CC3)cs1)CCC2. The molecule has 0 saturated heterocycles. The molecule has 1 atom stereocenters. The van der Waals surface area contributed by atoms with E-state index in [2.05, 4.69) is 10.7 Å². The summed E-state index contributed by atoms with van der Waals surface area (Å²) >= 11 is 1.71. The van der Waals surface area contributed by atoms with Gasteiger partial charge in [0.2, 0.25) is 0 Å². The molecule has 5 nitrogen and oxygen atoms in total. The third-order valence-corrected chi connectivity index (χ3v) is 5.59. The Morgan fingerprint density at radius 2 is 2.22 bits per heavy atom. The minimum atomic E-state index is -0.311. The minimum absolute atomic E-state index is 0.183. The van der Waals surface area contributed by atoms with Crippen molar-refractivity contribution in [3.8, 4) is 0 Å². The molecule has 2 aliphatic rings. The Hall–Kier alpha value is -1.79. The van der Waals surface area contributed by atoms with Gasteiger partial charge in [0.05, 0.1) is 10.6 Å². The summed E-state index contributed by atoms with van der Waals surface area (Å²) in [5, 5.41) is 17.9. The van der Waals surface area contributed by atoms with Crippen molar-refractivity contribution in [1.29, 1.82) is 0 Å². The van der Waals surface area contributed by atoms with E-state index in [1.807, 2.05) is 6.07 Å². The maximum absolute atomic E-state index is 11.0. The van der Waals surface area contributed by atoms with Gasteiger partial charge in [0.1, 0.15) is 5.01 Å². The first kappa shape index (κ1) is 14.8. The standard InChI is InChI=1S/C17H19N3O2S/c21-20(22)13-7-6-11-2-1-3-15(14(11)8-13)18-9-17-19-16(10-23-17)12-4-5-12/h6-8,10,12,15,18H,1-5,9H2/t15-/m1/s1. The van der Waals surface area contributed by atoms with Gasteiger partial charge in [-0.15, -0.1) is 11.3 Å². The zero-order valence-electron chi connectivity index (χ0n) is 12.8. The van der Waals surface area contributed by atoms with Crippen molar-refractivity contribution in [2.24, 2.45) is 0 Å². The van der Waals surface area contributed by atoms with Gasteiger partial charge < -0.3 is 5.32 Å². The molecule has 0 amide bonds. The van der Waals surface area contributed by atoms with E-state index in [1.54, 1.807) is 23.5 Å². The fourth-order valence-corrected chi connectivity index (χ4v) is 4.12. The third kappa shape index (κ3) is 3.14. The van der Waals surface area contributed by atoms with E-state index in [4.69, 9.17) is 4.98 Å². The summed E-state index contributed by atoms with van der Waals surface area (Å²) in [6.07, 6.45) is 5.70. The molecule has 0 unspecified atom stereocenters. The summed E-state index contributed by atoms with van der Waals surface area (Å²) in [4.78, 5) is 15.4. The van der Waals surface area contributed by atoms with Crippen LogP contribution in [0.4, 0.5) is 5.69 Å². The molecule has 4 rings (SSSR count). The van der Waals surface area contributed by atoms with Crippen molar-refractivity contribution < 1.29 is 4.92 Å². The minimum Gasteiger partial charge on any atom is -0.304 e. The molecule has 0 radical (unpaired) electrons. The Bertz CT molecular complexity index is 739. The molecule has 1 aromatic heterocycles. The second-order valence-corrected chi connectivity index (χ2v) is 7.35. The highest BCUT2D eigenvalue weighted by Crippen LogP contribution is 2.40. The topological polar surface area (TPSA) is 68.1 Å². The van der Waals surface area contributed by atoms with Gasteiger partial charge in [-0.25, -0.2) is 4.98 Å². The molecule has 0 aliphatic heterocycles. The van der Waals surface area contributed by atoms with E-state index in [1.165, 1.54) is 24.1 Å². The van der Waals surface area contributed by atoms with E-state index in [0.29, 0.717) is 5.92 Å². The van der Waals surface area contributed by atoms with Gasteiger partial charge in [-0.2, -0.15) is 0 Å². The largest absolute Gasteiger partial charge is 0.304 e. The molecule has 1 fully saturated rings. The van der Waals surface area contributed by atoms with Crippen LogP contribution in [0.5, 0.6) is 0 Å². The van der Waals surface area contributed by atoms with Crippen LogP contribution in [0.3, 0.4) is 0 Å². The van der Waals surface area contributed by atoms with Crippen LogP contribution in [0.25, 0.3) is 0 Å². The number of nitrogens with one attached hydrogen (secondary N) is 1. The number of nitrogens with zero attached hydrogens (tertiary/aromatic N) is 2. The number of nitro groups is 1. The summed E-state index contributed by atoms with van der Waals surface area (Å²) in [6.45, 7) is 0.740. The van der Waals surface area contributed by atoms with Gasteiger partial charge in [-0.3, -0.25) is 10.1 Å². The lowest BCUT2D eigenvalue weighted by molar-refractivity contribution is -0.385. The number of non-ortho nitro benzene ring substituents is 1. The smallest absolute Gasteiger partial charge is 0.269 e. The second-order valence-electron chi connectivity index (χ2n) is 6.41. The second kappa shape index (κ2) is 6.02. The van der Waals surface area contributed by atoms with Crippen molar-refractivity contribution in [3.63, 3.8) is 0 Å². The molecule has 1 aromatic carbocycles. The van der Waals surface area contributed by atoms with E-state index in [-0.39, 0.29) is 16.7 Å². The Morgan fingerprint density at radius 1 is 1.35 bits per heavy atom. The normalized spacial score (nSPS) is 20.3. The summed E-state index contributed by atoms with van der Waals surface area (Å²) in [5.74, 6) is 0.693. The number of benzene rings is 1. The van der Waals surface area contributed by atoms with Crippen LogP contribution in [0, 0.1) is 10.1 Å². The maximum atomic E-state index is 11.0. The van der Waals surface area contributed by atoms with Crippen LogP contribution in [-0.2, 0) is 13.0 Å². The van der Waals surface area contributed by atoms with Crippen LogP contribution < -0.4 is 5.32 Å². The van der Waals surface area contributed by atoms with E-state index < -0.39 is 0 Å². The number of nitro benzene ring substituents is 1. The van der Waals surface area contributed by atoms with Crippen LogP contribution in [-0.4, -0.2) is 9.91 Å². The Kier molecular flexibility index (Phi) is 3.87. The first-order valence-corrected chi connectivity index (χ1v) is 9.03. The predicted molar refractivity (Wildman–Crippen MR) is 89.7 cm³/mol. The summed E-state index contributed by atoms with van der Waals surface area (Å²) in [6, 6.07) is 5.45. The lowest BCUT2D eigenvalue weighted by Crippen LogP contribution is -2.25. The molecule has 1 N–H and O–H groups in total. The predicted octanol–water partition coefficient (Wildman–Crippen LogP) is 4.10. The third-order valence-electron chi connectivity index (χ3n) is 4.72. The van der Waals surface area contributed by atoms with Crippen molar-refractivity contribution in [2.45, 2.75) is 50.6 Å². The first-order chi connectivity index (χ1) is 11.2. The number of rotatable bonds is 5. The maximum Gasteiger partial charge on any atom is 0.269 e. The molecule has 0 bridgehead atoms. The zero-order chi connectivity index (χ0) is 15.8. The first-order valence-electron chi connectivity index (χ1n) is 8.15. The highest BCUT2D eigenvalue weighted by molar-refractivity contribution is 7.09. The van der Waals surface area contributed by atoms with Crippen LogP contribution in [0.1, 0.15) is 59.5 Å². The van der Waals surface area contributed by atoms with Crippen molar-refractivity contribution >= 4 is 17.0 Å². The number of aryl methyl sites for hydroxylation is 1. The molecular weight excluding hydrogens is 310 g/mol. The summed E-state index contributed by atoms with van der Waals surface area (Å²) in [5.41, 5.74) is 3.75. The van der Waals surface area contributed by atoms with E-state index in [9.17, 15) is 10.1 Å². The quantitative estimate of drug-likeness (QED) is 0.662. The zero-order valence-corrected chi connectivity index (χ0v) is 13.6. The monoisotopic (exact) mass is 329 g/mol. The summed E-state index contributed by atoms with van der Waals surface area (Å²) < 4.78 is 0. The molecular formula is C17H19N3O2S. The van der Waals surface area contributed by atoms with Crippen LogP contribution in [0.15, 0.2) is 23.6 Å². The van der Waals surface area contributed by atoms with Crippen molar-refractivity contribution in [1.82, 2.24) is 10.3 Å². The van der Waals surface area contributed by atoms with Crippen LogP contribution in [0.2, 0.25) is 0 Å². The highest BCUT2D eigenvalue weighted by Gasteiger charge is 2.26. The van der Waals surface area contributed by atoms with E-state index in [0.717, 1.165) is 36.4 Å². The van der Waals surface area contributed by atoms with Gasteiger partial charge >= 0.3 is 0 Å². The molecule has 2 aromatic rings. The van der Waals surface area contributed by atoms with Gasteiger partial charge in [-0.1, -0.05) is 6.07 Å². The van der Waals surface area contributed by atoms with Gasteiger partial charge in [0, 0.05) is 36.0 Å². The average molecular weight is 329 g/mol. The Labute approximate surface area is 138 Å². The number of hydrogen-bond donors (Lipinski definition) is 1. The number of aromatic nitrogens is 1. The average Bonchev–Trinajstić information content (AvgIpc) is 3.31.